The average Bonchev–Trinajstić information content (AvgIpc) is 2.47. The highest BCUT2D eigenvalue weighted by molar-refractivity contribution is 6.31. The highest BCUT2D eigenvalue weighted by atomic mass is 35.5. The molecule has 2 rings (SSSR count). The summed E-state index contributed by atoms with van der Waals surface area (Å²) < 4.78 is 12.9. The lowest BCUT2D eigenvalue weighted by atomic mass is 10.0. The van der Waals surface area contributed by atoms with Crippen LogP contribution in [0.4, 0.5) is 4.39 Å². The lowest BCUT2D eigenvalue weighted by Crippen LogP contribution is -2.16. The van der Waals surface area contributed by atoms with E-state index in [1.54, 1.807) is 6.07 Å². The zero-order chi connectivity index (χ0) is 12.3. The van der Waals surface area contributed by atoms with Crippen molar-refractivity contribution < 1.29 is 4.39 Å². The molecule has 0 fully saturated rings. The maximum Gasteiger partial charge on any atom is 0.124 e. The van der Waals surface area contributed by atoms with Gasteiger partial charge in [0.15, 0.2) is 0 Å². The van der Waals surface area contributed by atoms with E-state index in [0.29, 0.717) is 5.02 Å². The maximum atomic E-state index is 12.9. The Hall–Kier alpha value is -0.860. The fourth-order valence-electron chi connectivity index (χ4n) is 2.26. The number of allylic oxidation sites excluding steroid dienone is 1. The van der Waals surface area contributed by atoms with Gasteiger partial charge in [-0.25, -0.2) is 4.39 Å². The molecule has 0 radical (unpaired) electrons. The van der Waals surface area contributed by atoms with Crippen LogP contribution in [-0.2, 0) is 6.42 Å². The molecule has 0 saturated heterocycles. The molecule has 0 heterocycles. The highest BCUT2D eigenvalue weighted by Crippen LogP contribution is 2.24. The second kappa shape index (κ2) is 5.65. The van der Waals surface area contributed by atoms with Gasteiger partial charge in [-0.05, 0) is 43.4 Å². The Labute approximate surface area is 106 Å². The summed E-state index contributed by atoms with van der Waals surface area (Å²) in [6.45, 7) is 0. The molecule has 3 heteroatoms. The van der Waals surface area contributed by atoms with Crippen molar-refractivity contribution in [3.05, 3.63) is 46.3 Å². The second-order valence-corrected chi connectivity index (χ2v) is 5.05. The molecule has 1 aliphatic carbocycles. The molecule has 1 atom stereocenters. The van der Waals surface area contributed by atoms with E-state index in [1.165, 1.54) is 30.5 Å². The van der Waals surface area contributed by atoms with Crippen LogP contribution in [0.2, 0.25) is 5.02 Å². The zero-order valence-corrected chi connectivity index (χ0v) is 10.5. The Morgan fingerprint density at radius 3 is 2.94 bits per heavy atom. The van der Waals surface area contributed by atoms with Crippen molar-refractivity contribution in [3.8, 4) is 0 Å². The van der Waals surface area contributed by atoms with Crippen LogP contribution in [0.3, 0.4) is 0 Å². The van der Waals surface area contributed by atoms with E-state index in [-0.39, 0.29) is 11.9 Å². The fourth-order valence-corrected chi connectivity index (χ4v) is 2.49. The molecule has 0 aromatic heterocycles. The van der Waals surface area contributed by atoms with Crippen LogP contribution in [-0.4, -0.2) is 6.04 Å². The minimum atomic E-state index is -0.287. The molecule has 1 aromatic rings. The van der Waals surface area contributed by atoms with Gasteiger partial charge in [0.1, 0.15) is 5.82 Å². The van der Waals surface area contributed by atoms with E-state index < -0.39 is 0 Å². The summed E-state index contributed by atoms with van der Waals surface area (Å²) >= 11 is 6.03. The number of benzene rings is 1. The number of halogens is 2. The average molecular weight is 254 g/mol. The molecule has 0 aliphatic heterocycles. The van der Waals surface area contributed by atoms with Crippen LogP contribution in [0.1, 0.15) is 31.2 Å². The van der Waals surface area contributed by atoms with E-state index >= 15 is 0 Å². The van der Waals surface area contributed by atoms with Crippen LogP contribution >= 0.6 is 11.6 Å². The van der Waals surface area contributed by atoms with E-state index in [0.717, 1.165) is 24.8 Å². The summed E-state index contributed by atoms with van der Waals surface area (Å²) in [5.41, 5.74) is 8.27. The predicted octanol–water partition coefficient (Wildman–Crippen LogP) is 3.85. The van der Waals surface area contributed by atoms with Gasteiger partial charge in [-0.1, -0.05) is 35.7 Å². The van der Waals surface area contributed by atoms with Crippen molar-refractivity contribution in [1.82, 2.24) is 0 Å². The molecule has 0 spiro atoms. The van der Waals surface area contributed by atoms with Gasteiger partial charge in [0.25, 0.3) is 0 Å². The summed E-state index contributed by atoms with van der Waals surface area (Å²) in [5, 5.41) is 0.503. The van der Waals surface area contributed by atoms with Crippen LogP contribution in [0.25, 0.3) is 0 Å². The molecule has 2 N–H and O–H groups in total. The van der Waals surface area contributed by atoms with Gasteiger partial charge >= 0.3 is 0 Å². The lowest BCUT2D eigenvalue weighted by molar-refractivity contribution is 0.627. The Balaban J connectivity index is 2.14. The molecule has 92 valence electrons. The van der Waals surface area contributed by atoms with Crippen molar-refractivity contribution in [1.29, 1.82) is 0 Å². The van der Waals surface area contributed by atoms with E-state index in [2.05, 4.69) is 6.08 Å². The largest absolute Gasteiger partial charge is 0.324 e. The molecule has 1 aliphatic rings. The van der Waals surface area contributed by atoms with Crippen molar-refractivity contribution in [2.24, 2.45) is 5.73 Å². The van der Waals surface area contributed by atoms with Gasteiger partial charge in [-0.3, -0.25) is 0 Å². The van der Waals surface area contributed by atoms with E-state index in [4.69, 9.17) is 17.3 Å². The Kier molecular flexibility index (Phi) is 4.19. The molecular formula is C14H17ClFN. The van der Waals surface area contributed by atoms with Gasteiger partial charge in [0.2, 0.25) is 0 Å². The molecule has 0 saturated carbocycles. The first-order chi connectivity index (χ1) is 8.15. The van der Waals surface area contributed by atoms with Gasteiger partial charge in [0.05, 0.1) is 0 Å². The molecule has 0 amide bonds. The molecular weight excluding hydrogens is 237 g/mol. The Morgan fingerprint density at radius 1 is 1.35 bits per heavy atom. The predicted molar refractivity (Wildman–Crippen MR) is 69.6 cm³/mol. The second-order valence-electron chi connectivity index (χ2n) is 4.65. The summed E-state index contributed by atoms with van der Waals surface area (Å²) in [6, 6.07) is 4.74. The van der Waals surface area contributed by atoms with Gasteiger partial charge in [-0.2, -0.15) is 0 Å². The van der Waals surface area contributed by atoms with Gasteiger partial charge < -0.3 is 5.73 Å². The van der Waals surface area contributed by atoms with Crippen molar-refractivity contribution in [2.75, 3.05) is 0 Å². The molecule has 1 aromatic carbocycles. The summed E-state index contributed by atoms with van der Waals surface area (Å²) in [4.78, 5) is 0. The fraction of sp³-hybridized carbons (Fsp3) is 0.429. The smallest absolute Gasteiger partial charge is 0.124 e. The number of hydrogen-bond acceptors (Lipinski definition) is 1. The third-order valence-corrected chi connectivity index (χ3v) is 3.52. The standard InChI is InChI=1S/C14H17ClFN/c15-14-9-12(16)6-5-11(14)7-10-3-1-2-4-13(17)8-10/h5-6,8-9,13H,1-4,7,17H2. The van der Waals surface area contributed by atoms with Crippen LogP contribution < -0.4 is 5.73 Å². The normalized spacial score (nSPS) is 20.9. The van der Waals surface area contributed by atoms with E-state index in [1.807, 2.05) is 0 Å². The Morgan fingerprint density at radius 2 is 2.18 bits per heavy atom. The highest BCUT2D eigenvalue weighted by Gasteiger charge is 2.10. The van der Waals surface area contributed by atoms with E-state index in [9.17, 15) is 4.39 Å². The first-order valence-corrected chi connectivity index (χ1v) is 6.42. The Bertz CT molecular complexity index is 428. The quantitative estimate of drug-likeness (QED) is 0.796. The van der Waals surface area contributed by atoms with Crippen molar-refractivity contribution >= 4 is 11.6 Å². The summed E-state index contributed by atoms with van der Waals surface area (Å²) in [6.07, 6.45) is 7.41. The monoisotopic (exact) mass is 253 g/mol. The maximum absolute atomic E-state index is 12.9. The van der Waals surface area contributed by atoms with Crippen LogP contribution in [0, 0.1) is 5.82 Å². The summed E-state index contributed by atoms with van der Waals surface area (Å²) in [5.74, 6) is -0.287. The number of nitrogens with two attached hydrogens (primary N) is 1. The topological polar surface area (TPSA) is 26.0 Å². The minimum absolute atomic E-state index is 0.159. The molecule has 1 unspecified atom stereocenters. The SMILES string of the molecule is NC1C=C(Cc2ccc(F)cc2Cl)CCCC1. The third kappa shape index (κ3) is 3.55. The zero-order valence-electron chi connectivity index (χ0n) is 9.76. The third-order valence-electron chi connectivity index (χ3n) is 3.17. The summed E-state index contributed by atoms with van der Waals surface area (Å²) in [7, 11) is 0. The first-order valence-electron chi connectivity index (χ1n) is 6.04. The lowest BCUT2D eigenvalue weighted by Gasteiger charge is -2.08. The minimum Gasteiger partial charge on any atom is -0.324 e. The van der Waals surface area contributed by atoms with Crippen LogP contribution in [0.5, 0.6) is 0 Å². The molecule has 0 bridgehead atoms. The van der Waals surface area contributed by atoms with Crippen molar-refractivity contribution in [2.45, 2.75) is 38.1 Å². The van der Waals surface area contributed by atoms with Crippen molar-refractivity contribution in [3.63, 3.8) is 0 Å². The molecule has 17 heavy (non-hydrogen) atoms. The molecule has 1 nitrogen and oxygen atoms in total. The van der Waals surface area contributed by atoms with Gasteiger partial charge in [-0.15, -0.1) is 0 Å². The number of rotatable bonds is 2. The first kappa shape index (κ1) is 12.6. The van der Waals surface area contributed by atoms with Crippen LogP contribution in [0.15, 0.2) is 29.8 Å². The van der Waals surface area contributed by atoms with Gasteiger partial charge in [0, 0.05) is 11.1 Å². The number of hydrogen-bond donors (Lipinski definition) is 1.